The minimum Gasteiger partial charge on any atom is -0.465 e. The van der Waals surface area contributed by atoms with Gasteiger partial charge in [-0.2, -0.15) is 0 Å². The van der Waals surface area contributed by atoms with Crippen molar-refractivity contribution in [1.82, 2.24) is 15.2 Å². The summed E-state index contributed by atoms with van der Waals surface area (Å²) < 4.78 is 31.1. The summed E-state index contributed by atoms with van der Waals surface area (Å²) in [6, 6.07) is 15.9. The van der Waals surface area contributed by atoms with E-state index in [4.69, 9.17) is 5.11 Å². The number of piperidine rings is 1. The number of hydrogen-bond donors (Lipinski definition) is 2. The fourth-order valence-corrected chi connectivity index (χ4v) is 6.23. The molecule has 2 N–H and O–H groups in total. The Kier molecular flexibility index (Phi) is 8.16. The van der Waals surface area contributed by atoms with E-state index in [0.29, 0.717) is 47.2 Å². The number of aryl methyl sites for hydroxylation is 1. The zero-order chi connectivity index (χ0) is 29.1. The molecule has 8 nitrogen and oxygen atoms in total. The van der Waals surface area contributed by atoms with Crippen LogP contribution in [0.2, 0.25) is 0 Å². The fraction of sp³-hybridized carbons (Fsp3) is 0.333. The number of hydrogen-bond acceptors (Lipinski definition) is 5. The highest BCUT2D eigenvalue weighted by Gasteiger charge is 2.42. The standard InChI is InChI=1S/C30H30F2N4O4S/c1-19-26(41-27(34-19)21-7-3-2-4-8-21)28(38)36-16-13-30(31,32)23(22-9-5-6-10-24(22)36)17-25(37)33-18-20-11-14-35(15-12-20)29(39)40/h2-10,17,20H,11-16,18H2,1H3,(H,33,37)(H,39,40)/b23-17-. The molecular formula is C30H30F2N4O4S. The molecule has 0 atom stereocenters. The Morgan fingerprint density at radius 2 is 1.76 bits per heavy atom. The number of nitrogens with one attached hydrogen (secondary N) is 1. The van der Waals surface area contributed by atoms with Crippen LogP contribution in [0.15, 0.2) is 60.7 Å². The topological polar surface area (TPSA) is 103 Å². The lowest BCUT2D eigenvalue weighted by atomic mass is 9.96. The smallest absolute Gasteiger partial charge is 0.407 e. The molecule has 1 aromatic heterocycles. The molecule has 2 aliphatic heterocycles. The van der Waals surface area contributed by atoms with Crippen LogP contribution in [0.5, 0.6) is 0 Å². The van der Waals surface area contributed by atoms with Crippen LogP contribution in [-0.4, -0.2) is 65.0 Å². The molecule has 1 fully saturated rings. The summed E-state index contributed by atoms with van der Waals surface area (Å²) >= 11 is 1.22. The predicted molar refractivity (Wildman–Crippen MR) is 153 cm³/mol. The number of anilines is 1. The Bertz CT molecular complexity index is 1480. The lowest BCUT2D eigenvalue weighted by molar-refractivity contribution is -0.116. The fourth-order valence-electron chi connectivity index (χ4n) is 5.21. The van der Waals surface area contributed by atoms with Gasteiger partial charge in [-0.15, -0.1) is 11.3 Å². The quantitative estimate of drug-likeness (QED) is 0.378. The van der Waals surface area contributed by atoms with Gasteiger partial charge in [0.05, 0.1) is 11.4 Å². The predicted octanol–water partition coefficient (Wildman–Crippen LogP) is 5.69. The normalized spacial score (nSPS) is 18.1. The van der Waals surface area contributed by atoms with E-state index in [-0.39, 0.29) is 24.6 Å². The van der Waals surface area contributed by atoms with E-state index in [1.165, 1.54) is 27.2 Å². The van der Waals surface area contributed by atoms with Crippen molar-refractivity contribution in [3.63, 3.8) is 0 Å². The summed E-state index contributed by atoms with van der Waals surface area (Å²) in [5, 5.41) is 12.5. The molecule has 3 amide bonds. The molecule has 214 valence electrons. The lowest BCUT2D eigenvalue weighted by Crippen LogP contribution is -2.40. The third kappa shape index (κ3) is 6.14. The van der Waals surface area contributed by atoms with Crippen molar-refractivity contribution in [2.75, 3.05) is 31.1 Å². The molecule has 3 heterocycles. The second kappa shape index (κ2) is 11.8. The van der Waals surface area contributed by atoms with Crippen LogP contribution in [0, 0.1) is 12.8 Å². The van der Waals surface area contributed by atoms with E-state index in [1.54, 1.807) is 25.1 Å². The number of para-hydroxylation sites is 1. The molecule has 1 saturated heterocycles. The average molecular weight is 581 g/mol. The monoisotopic (exact) mass is 580 g/mol. The molecule has 0 saturated carbocycles. The molecule has 2 aromatic carbocycles. The number of alkyl halides is 2. The molecule has 11 heteroatoms. The Morgan fingerprint density at radius 1 is 1.07 bits per heavy atom. The highest BCUT2D eigenvalue weighted by molar-refractivity contribution is 7.17. The number of rotatable bonds is 5. The number of likely N-dealkylation sites (tertiary alicyclic amines) is 1. The first-order valence-electron chi connectivity index (χ1n) is 13.4. The number of fused-ring (bicyclic) bond motifs is 1. The molecule has 0 radical (unpaired) electrons. The van der Waals surface area contributed by atoms with Crippen molar-refractivity contribution in [3.05, 3.63) is 76.8 Å². The highest BCUT2D eigenvalue weighted by atomic mass is 32.1. The zero-order valence-corrected chi connectivity index (χ0v) is 23.3. The van der Waals surface area contributed by atoms with Crippen LogP contribution in [0.1, 0.15) is 40.2 Å². The van der Waals surface area contributed by atoms with Crippen LogP contribution < -0.4 is 10.2 Å². The Labute approximate surface area is 240 Å². The van der Waals surface area contributed by atoms with Gasteiger partial charge in [-0.25, -0.2) is 18.6 Å². The van der Waals surface area contributed by atoms with Gasteiger partial charge in [-0.1, -0.05) is 48.5 Å². The maximum absolute atomic E-state index is 15.6. The molecule has 0 aliphatic carbocycles. The molecule has 3 aromatic rings. The van der Waals surface area contributed by atoms with Gasteiger partial charge < -0.3 is 20.2 Å². The third-order valence-electron chi connectivity index (χ3n) is 7.51. The van der Waals surface area contributed by atoms with Gasteiger partial charge in [-0.05, 0) is 31.7 Å². The van der Waals surface area contributed by atoms with Gasteiger partial charge in [0.15, 0.2) is 0 Å². The summed E-state index contributed by atoms with van der Waals surface area (Å²) in [6.07, 6.45) is 0.486. The molecular weight excluding hydrogens is 550 g/mol. The SMILES string of the molecule is Cc1nc(-c2ccccc2)sc1C(=O)N1CCC(F)(F)/C(=C\C(=O)NCC2CCN(C(=O)O)CC2)c2ccccc21. The Balaban J connectivity index is 1.38. The minimum absolute atomic E-state index is 0.0615. The molecule has 5 rings (SSSR count). The first-order chi connectivity index (χ1) is 19.6. The van der Waals surface area contributed by atoms with Crippen molar-refractivity contribution < 1.29 is 28.3 Å². The van der Waals surface area contributed by atoms with Crippen LogP contribution >= 0.6 is 11.3 Å². The number of amides is 3. The summed E-state index contributed by atoms with van der Waals surface area (Å²) in [4.78, 5) is 45.3. The summed E-state index contributed by atoms with van der Waals surface area (Å²) in [5.74, 6) is -4.36. The summed E-state index contributed by atoms with van der Waals surface area (Å²) in [5.41, 5.74) is 1.39. The van der Waals surface area contributed by atoms with E-state index in [1.807, 2.05) is 30.3 Å². The summed E-state index contributed by atoms with van der Waals surface area (Å²) in [7, 11) is 0. The van der Waals surface area contributed by atoms with Crippen LogP contribution in [0.4, 0.5) is 19.3 Å². The number of nitrogens with zero attached hydrogens (tertiary/aromatic N) is 3. The van der Waals surface area contributed by atoms with Crippen molar-refractivity contribution in [2.45, 2.75) is 32.1 Å². The number of carboxylic acid groups (broad SMARTS) is 1. The first-order valence-corrected chi connectivity index (χ1v) is 14.3. The number of benzene rings is 2. The van der Waals surface area contributed by atoms with Gasteiger partial charge in [0, 0.05) is 55.4 Å². The van der Waals surface area contributed by atoms with Crippen LogP contribution in [0.25, 0.3) is 16.1 Å². The number of carbonyl (C=O) groups excluding carboxylic acids is 2. The van der Waals surface area contributed by atoms with Crippen molar-refractivity contribution >= 4 is 40.5 Å². The maximum atomic E-state index is 15.6. The van der Waals surface area contributed by atoms with E-state index in [0.717, 1.165) is 11.6 Å². The lowest BCUT2D eigenvalue weighted by Gasteiger charge is -2.29. The van der Waals surface area contributed by atoms with Crippen LogP contribution in [0.3, 0.4) is 0 Å². The van der Waals surface area contributed by atoms with E-state index in [2.05, 4.69) is 10.3 Å². The van der Waals surface area contributed by atoms with E-state index in [9.17, 15) is 14.4 Å². The Morgan fingerprint density at radius 3 is 2.46 bits per heavy atom. The van der Waals surface area contributed by atoms with Gasteiger partial charge in [-0.3, -0.25) is 9.59 Å². The largest absolute Gasteiger partial charge is 0.465 e. The minimum atomic E-state index is -3.35. The number of thiazole rings is 1. The highest BCUT2D eigenvalue weighted by Crippen LogP contribution is 2.43. The molecule has 2 aliphatic rings. The molecule has 41 heavy (non-hydrogen) atoms. The number of aromatic nitrogens is 1. The van der Waals surface area contributed by atoms with Gasteiger partial charge >= 0.3 is 6.09 Å². The van der Waals surface area contributed by atoms with Crippen molar-refractivity contribution in [1.29, 1.82) is 0 Å². The summed E-state index contributed by atoms with van der Waals surface area (Å²) in [6.45, 7) is 2.51. The zero-order valence-electron chi connectivity index (χ0n) is 22.5. The Hall–Kier alpha value is -4.12. The molecule has 0 spiro atoms. The molecule has 0 bridgehead atoms. The van der Waals surface area contributed by atoms with Crippen LogP contribution in [-0.2, 0) is 4.79 Å². The van der Waals surface area contributed by atoms with Gasteiger partial charge in [0.1, 0.15) is 9.88 Å². The maximum Gasteiger partial charge on any atom is 0.407 e. The van der Waals surface area contributed by atoms with E-state index < -0.39 is 35.8 Å². The number of carbonyl (C=O) groups is 3. The van der Waals surface area contributed by atoms with E-state index >= 15 is 8.78 Å². The third-order valence-corrected chi connectivity index (χ3v) is 8.71. The second-order valence-corrected chi connectivity index (χ2v) is 11.2. The average Bonchev–Trinajstić information content (AvgIpc) is 3.32. The van der Waals surface area contributed by atoms with Crippen molar-refractivity contribution in [2.24, 2.45) is 5.92 Å². The second-order valence-electron chi connectivity index (χ2n) is 10.2. The molecule has 0 unspecified atom stereocenters. The van der Waals surface area contributed by atoms with Gasteiger partial charge in [0.25, 0.3) is 11.8 Å². The number of halogens is 2. The van der Waals surface area contributed by atoms with Crippen molar-refractivity contribution in [3.8, 4) is 10.6 Å². The first kappa shape index (κ1) is 28.4. The van der Waals surface area contributed by atoms with Gasteiger partial charge in [0.2, 0.25) is 5.91 Å². The number of allylic oxidation sites excluding steroid dienone is 1.